The Morgan fingerprint density at radius 3 is 3.05 bits per heavy atom. The van der Waals surface area contributed by atoms with Gasteiger partial charge in [0.05, 0.1) is 19.3 Å². The highest BCUT2D eigenvalue weighted by molar-refractivity contribution is 6.62. The first-order valence-electron chi connectivity index (χ1n) is 6.21. The highest BCUT2D eigenvalue weighted by Gasteiger charge is 2.37. The highest BCUT2D eigenvalue weighted by atomic mass is 16.5. The first kappa shape index (κ1) is 14.1. The number of nitrogens with zero attached hydrogens (tertiary/aromatic N) is 1. The summed E-state index contributed by atoms with van der Waals surface area (Å²) in [6.07, 6.45) is -0.276. The summed E-state index contributed by atoms with van der Waals surface area (Å²) in [4.78, 5) is 9.98. The van der Waals surface area contributed by atoms with E-state index in [1.807, 2.05) is 19.1 Å². The molecule has 0 aromatic heterocycles. The largest absolute Gasteiger partial charge is 0.492 e. The average Bonchev–Trinajstić information content (AvgIpc) is 2.75. The lowest BCUT2D eigenvalue weighted by atomic mass is 9.75. The first-order valence-corrected chi connectivity index (χ1v) is 6.21. The SMILES string of the molecule is Cc1ccc(COCCN=O)c2c1C(CN)OB2O. The van der Waals surface area contributed by atoms with E-state index < -0.39 is 7.12 Å². The van der Waals surface area contributed by atoms with E-state index in [0.717, 1.165) is 22.2 Å². The van der Waals surface area contributed by atoms with Crippen LogP contribution in [-0.4, -0.2) is 31.8 Å². The van der Waals surface area contributed by atoms with Crippen LogP contribution in [0.1, 0.15) is 22.8 Å². The number of hydrogen-bond donors (Lipinski definition) is 2. The Balaban J connectivity index is 2.22. The lowest BCUT2D eigenvalue weighted by Gasteiger charge is -2.13. The van der Waals surface area contributed by atoms with Crippen molar-refractivity contribution in [3.05, 3.63) is 33.7 Å². The number of hydrogen-bond acceptors (Lipinski definition) is 6. The maximum Gasteiger partial charge on any atom is 0.492 e. The molecule has 0 radical (unpaired) electrons. The average molecular weight is 264 g/mol. The van der Waals surface area contributed by atoms with Crippen LogP contribution in [0.25, 0.3) is 0 Å². The minimum Gasteiger partial charge on any atom is -0.423 e. The molecule has 0 bridgehead atoms. The molecule has 102 valence electrons. The summed E-state index contributed by atoms with van der Waals surface area (Å²) in [7, 11) is -0.966. The first-order chi connectivity index (χ1) is 9.19. The van der Waals surface area contributed by atoms with Gasteiger partial charge in [0.25, 0.3) is 0 Å². The van der Waals surface area contributed by atoms with E-state index in [0.29, 0.717) is 13.2 Å². The van der Waals surface area contributed by atoms with Crippen LogP contribution in [0.5, 0.6) is 0 Å². The number of benzene rings is 1. The summed E-state index contributed by atoms with van der Waals surface area (Å²) < 4.78 is 10.8. The van der Waals surface area contributed by atoms with E-state index in [4.69, 9.17) is 15.1 Å². The Kier molecular flexibility index (Phi) is 4.65. The Labute approximate surface area is 112 Å². The maximum atomic E-state index is 9.99. The van der Waals surface area contributed by atoms with Gasteiger partial charge in [-0.1, -0.05) is 17.3 Å². The van der Waals surface area contributed by atoms with Gasteiger partial charge in [-0.3, -0.25) is 0 Å². The fraction of sp³-hybridized carbons (Fsp3) is 0.500. The zero-order chi connectivity index (χ0) is 13.8. The molecule has 1 aliphatic rings. The highest BCUT2D eigenvalue weighted by Crippen LogP contribution is 2.27. The molecule has 3 N–H and O–H groups in total. The topological polar surface area (TPSA) is 94.1 Å². The number of ether oxygens (including phenoxy) is 1. The van der Waals surface area contributed by atoms with Crippen molar-refractivity contribution < 1.29 is 14.4 Å². The van der Waals surface area contributed by atoms with Crippen LogP contribution in [0.15, 0.2) is 17.3 Å². The van der Waals surface area contributed by atoms with Crippen LogP contribution in [0, 0.1) is 11.8 Å². The molecular weight excluding hydrogens is 247 g/mol. The summed E-state index contributed by atoms with van der Waals surface area (Å²) in [6.45, 7) is 2.99. The van der Waals surface area contributed by atoms with Crippen molar-refractivity contribution in [1.82, 2.24) is 0 Å². The monoisotopic (exact) mass is 264 g/mol. The molecule has 1 aromatic rings. The van der Waals surface area contributed by atoms with Gasteiger partial charge in [0, 0.05) is 6.54 Å². The molecule has 1 aromatic carbocycles. The predicted molar refractivity (Wildman–Crippen MR) is 72.0 cm³/mol. The van der Waals surface area contributed by atoms with Crippen molar-refractivity contribution in [1.29, 1.82) is 0 Å². The maximum absolute atomic E-state index is 9.99. The molecule has 0 spiro atoms. The number of nitroso groups, excluding NO2 is 1. The third kappa shape index (κ3) is 2.84. The molecule has 6 nitrogen and oxygen atoms in total. The molecule has 0 fully saturated rings. The molecule has 0 amide bonds. The van der Waals surface area contributed by atoms with Gasteiger partial charge >= 0.3 is 7.12 Å². The minimum absolute atomic E-state index is 0.124. The normalized spacial score (nSPS) is 17.6. The molecule has 0 saturated carbocycles. The van der Waals surface area contributed by atoms with Crippen LogP contribution in [0.3, 0.4) is 0 Å². The summed E-state index contributed by atoms with van der Waals surface area (Å²) in [6, 6.07) is 3.85. The summed E-state index contributed by atoms with van der Waals surface area (Å²) in [5, 5.41) is 12.7. The zero-order valence-electron chi connectivity index (χ0n) is 10.8. The zero-order valence-corrected chi connectivity index (χ0v) is 10.8. The molecule has 0 aliphatic carbocycles. The van der Waals surface area contributed by atoms with Crippen LogP contribution in [-0.2, 0) is 16.0 Å². The molecule has 2 rings (SSSR count). The van der Waals surface area contributed by atoms with Crippen LogP contribution in [0.2, 0.25) is 0 Å². The summed E-state index contributed by atoms with van der Waals surface area (Å²) >= 11 is 0. The van der Waals surface area contributed by atoms with Crippen molar-refractivity contribution in [2.45, 2.75) is 19.6 Å². The molecular formula is C12H17BN2O4. The van der Waals surface area contributed by atoms with Gasteiger partial charge in [0.2, 0.25) is 0 Å². The van der Waals surface area contributed by atoms with Gasteiger partial charge in [0.1, 0.15) is 6.54 Å². The number of nitrogens with two attached hydrogens (primary N) is 1. The predicted octanol–water partition coefficient (Wildman–Crippen LogP) is -0.00448. The fourth-order valence-electron chi connectivity index (χ4n) is 2.38. The Hall–Kier alpha value is -1.28. The van der Waals surface area contributed by atoms with Crippen molar-refractivity contribution >= 4 is 12.6 Å². The van der Waals surface area contributed by atoms with Gasteiger partial charge in [-0.2, -0.15) is 4.91 Å². The lowest BCUT2D eigenvalue weighted by Crippen LogP contribution is -2.32. The third-order valence-electron chi connectivity index (χ3n) is 3.26. The van der Waals surface area contributed by atoms with Crippen molar-refractivity contribution in [2.75, 3.05) is 19.7 Å². The van der Waals surface area contributed by atoms with E-state index in [1.54, 1.807) is 0 Å². The van der Waals surface area contributed by atoms with Gasteiger partial charge in [-0.25, -0.2) is 0 Å². The van der Waals surface area contributed by atoms with Gasteiger partial charge in [-0.05, 0) is 29.1 Å². The fourth-order valence-corrected chi connectivity index (χ4v) is 2.38. The van der Waals surface area contributed by atoms with E-state index in [9.17, 15) is 9.93 Å². The lowest BCUT2D eigenvalue weighted by molar-refractivity contribution is 0.128. The quantitative estimate of drug-likeness (QED) is 0.428. The van der Waals surface area contributed by atoms with Crippen LogP contribution >= 0.6 is 0 Å². The van der Waals surface area contributed by atoms with Gasteiger partial charge in [0.15, 0.2) is 0 Å². The van der Waals surface area contributed by atoms with Crippen molar-refractivity contribution in [3.63, 3.8) is 0 Å². The second-order valence-corrected chi connectivity index (χ2v) is 4.49. The van der Waals surface area contributed by atoms with E-state index in [2.05, 4.69) is 5.18 Å². The second kappa shape index (κ2) is 6.25. The summed E-state index contributed by atoms with van der Waals surface area (Å²) in [5.41, 5.74) is 9.25. The Morgan fingerprint density at radius 2 is 2.37 bits per heavy atom. The Morgan fingerprint density at radius 1 is 1.58 bits per heavy atom. The van der Waals surface area contributed by atoms with E-state index >= 15 is 0 Å². The van der Waals surface area contributed by atoms with Gasteiger partial charge in [-0.15, -0.1) is 0 Å². The molecule has 1 aliphatic heterocycles. The van der Waals surface area contributed by atoms with Crippen LogP contribution < -0.4 is 11.2 Å². The second-order valence-electron chi connectivity index (χ2n) is 4.49. The standard InChI is InChI=1S/C12H17BN2O4/c1-8-2-3-9(7-18-5-4-15-17)12-11(8)10(6-14)19-13(12)16/h2-3,10,16H,4-7,14H2,1H3. The molecule has 19 heavy (non-hydrogen) atoms. The van der Waals surface area contributed by atoms with Crippen molar-refractivity contribution in [3.8, 4) is 0 Å². The smallest absolute Gasteiger partial charge is 0.423 e. The molecule has 0 saturated heterocycles. The molecule has 1 unspecified atom stereocenters. The molecule has 7 heteroatoms. The number of fused-ring (bicyclic) bond motifs is 1. The van der Waals surface area contributed by atoms with Crippen molar-refractivity contribution in [2.24, 2.45) is 10.9 Å². The minimum atomic E-state index is -0.966. The van der Waals surface area contributed by atoms with Crippen LogP contribution in [0.4, 0.5) is 0 Å². The van der Waals surface area contributed by atoms with Gasteiger partial charge < -0.3 is 20.1 Å². The summed E-state index contributed by atoms with van der Waals surface area (Å²) in [5.74, 6) is 0. The number of aryl methyl sites for hydroxylation is 1. The number of rotatable bonds is 6. The van der Waals surface area contributed by atoms with E-state index in [-0.39, 0.29) is 19.3 Å². The third-order valence-corrected chi connectivity index (χ3v) is 3.26. The molecule has 1 atom stereocenters. The van der Waals surface area contributed by atoms with E-state index in [1.165, 1.54) is 0 Å². The Bertz CT molecular complexity index is 469. The molecule has 1 heterocycles.